The lowest BCUT2D eigenvalue weighted by Gasteiger charge is -2.33. The van der Waals surface area contributed by atoms with E-state index in [-0.39, 0.29) is 30.7 Å². The number of nitrogens with one attached hydrogen (secondary N) is 2. The van der Waals surface area contributed by atoms with Gasteiger partial charge >= 0.3 is 6.18 Å². The molecule has 30 heavy (non-hydrogen) atoms. The molecule has 1 amide bonds. The van der Waals surface area contributed by atoms with Gasteiger partial charge in [-0.3, -0.25) is 4.79 Å². The lowest BCUT2D eigenvalue weighted by Crippen LogP contribution is -2.41. The van der Waals surface area contributed by atoms with Crippen LogP contribution in [-0.2, 0) is 0 Å². The molecule has 1 unspecified atom stereocenters. The van der Waals surface area contributed by atoms with Crippen molar-refractivity contribution in [1.29, 1.82) is 0 Å². The SMILES string of the molecule is CNc1cc(N2CCC(O)C2)c(C(=O)N[C@H](C)C2CCC(C(F)(F)F)CC2)cc1N. The van der Waals surface area contributed by atoms with Crippen molar-refractivity contribution < 1.29 is 23.1 Å². The monoisotopic (exact) mass is 428 g/mol. The van der Waals surface area contributed by atoms with Crippen LogP contribution in [0.2, 0.25) is 0 Å². The Labute approximate surface area is 175 Å². The number of carbonyl (C=O) groups excluding carboxylic acids is 1. The normalized spacial score (nSPS) is 25.8. The van der Waals surface area contributed by atoms with Crippen LogP contribution in [0.3, 0.4) is 0 Å². The molecule has 1 heterocycles. The summed E-state index contributed by atoms with van der Waals surface area (Å²) >= 11 is 0. The fraction of sp³-hybridized carbons (Fsp3) is 0.667. The van der Waals surface area contributed by atoms with Crippen LogP contribution in [0.25, 0.3) is 0 Å². The summed E-state index contributed by atoms with van der Waals surface area (Å²) in [5, 5.41) is 15.9. The van der Waals surface area contributed by atoms with Gasteiger partial charge in [0.15, 0.2) is 0 Å². The largest absolute Gasteiger partial charge is 0.397 e. The number of nitrogen functional groups attached to an aromatic ring is 1. The van der Waals surface area contributed by atoms with E-state index in [9.17, 15) is 23.1 Å². The summed E-state index contributed by atoms with van der Waals surface area (Å²) in [5.74, 6) is -1.52. The zero-order chi connectivity index (χ0) is 22.1. The Morgan fingerprint density at radius 1 is 1.23 bits per heavy atom. The van der Waals surface area contributed by atoms with Gasteiger partial charge in [0.1, 0.15) is 0 Å². The number of nitrogens with zero attached hydrogens (tertiary/aromatic N) is 1. The summed E-state index contributed by atoms with van der Waals surface area (Å²) in [4.78, 5) is 15.0. The van der Waals surface area contributed by atoms with Gasteiger partial charge in [0.2, 0.25) is 0 Å². The van der Waals surface area contributed by atoms with Crippen LogP contribution in [0.4, 0.5) is 30.2 Å². The summed E-state index contributed by atoms with van der Waals surface area (Å²) < 4.78 is 38.7. The van der Waals surface area contributed by atoms with Crippen LogP contribution in [0, 0.1) is 11.8 Å². The number of nitrogens with two attached hydrogens (primary N) is 1. The van der Waals surface area contributed by atoms with Gasteiger partial charge in [-0.1, -0.05) is 0 Å². The van der Waals surface area contributed by atoms with Gasteiger partial charge in [-0.25, -0.2) is 0 Å². The van der Waals surface area contributed by atoms with Crippen molar-refractivity contribution in [2.45, 2.75) is 57.3 Å². The summed E-state index contributed by atoms with van der Waals surface area (Å²) in [6, 6.07) is 3.18. The second-order valence-corrected chi connectivity index (χ2v) is 8.51. The zero-order valence-corrected chi connectivity index (χ0v) is 17.4. The molecule has 0 spiro atoms. The average Bonchev–Trinajstić information content (AvgIpc) is 3.13. The molecule has 2 aliphatic rings. The van der Waals surface area contributed by atoms with Gasteiger partial charge in [-0.2, -0.15) is 13.2 Å². The molecule has 6 nitrogen and oxygen atoms in total. The second kappa shape index (κ2) is 8.91. The van der Waals surface area contributed by atoms with E-state index in [0.717, 1.165) is 0 Å². The minimum absolute atomic E-state index is 0.0125. The molecule has 1 aliphatic heterocycles. The quantitative estimate of drug-likeness (QED) is 0.540. The van der Waals surface area contributed by atoms with Crippen molar-refractivity contribution in [3.8, 4) is 0 Å². The molecule has 0 bridgehead atoms. The Morgan fingerprint density at radius 2 is 1.90 bits per heavy atom. The molecule has 9 heteroatoms. The highest BCUT2D eigenvalue weighted by Crippen LogP contribution is 2.40. The van der Waals surface area contributed by atoms with Gasteiger partial charge < -0.3 is 26.4 Å². The average molecular weight is 428 g/mol. The maximum absolute atomic E-state index is 13.1. The first-order valence-electron chi connectivity index (χ1n) is 10.5. The summed E-state index contributed by atoms with van der Waals surface area (Å²) in [6.45, 7) is 2.91. The minimum Gasteiger partial charge on any atom is -0.397 e. The number of aliphatic hydroxyl groups excluding tert-OH is 1. The predicted molar refractivity (Wildman–Crippen MR) is 112 cm³/mol. The minimum atomic E-state index is -4.14. The van der Waals surface area contributed by atoms with Crippen LogP contribution in [0.1, 0.15) is 49.4 Å². The highest BCUT2D eigenvalue weighted by molar-refractivity contribution is 6.02. The predicted octanol–water partition coefficient (Wildman–Crippen LogP) is 3.37. The lowest BCUT2D eigenvalue weighted by atomic mass is 9.78. The highest BCUT2D eigenvalue weighted by atomic mass is 19.4. The van der Waals surface area contributed by atoms with E-state index in [4.69, 9.17) is 5.73 Å². The number of halogens is 3. The summed E-state index contributed by atoms with van der Waals surface area (Å²) in [7, 11) is 1.74. The molecule has 0 aromatic heterocycles. The Morgan fingerprint density at radius 3 is 2.43 bits per heavy atom. The molecular formula is C21H31F3N4O2. The Kier molecular flexibility index (Phi) is 6.69. The fourth-order valence-corrected chi connectivity index (χ4v) is 4.57. The van der Waals surface area contributed by atoms with Crippen LogP contribution < -0.4 is 21.3 Å². The number of hydrogen-bond acceptors (Lipinski definition) is 5. The molecule has 1 aliphatic carbocycles. The van der Waals surface area contributed by atoms with Gasteiger partial charge in [0.05, 0.1) is 34.6 Å². The molecule has 1 aromatic carbocycles. The van der Waals surface area contributed by atoms with Crippen molar-refractivity contribution in [3.05, 3.63) is 17.7 Å². The first-order valence-corrected chi connectivity index (χ1v) is 10.5. The molecule has 0 radical (unpaired) electrons. The molecule has 168 valence electrons. The maximum atomic E-state index is 13.1. The number of rotatable bonds is 5. The molecule has 3 rings (SSSR count). The van der Waals surface area contributed by atoms with Crippen molar-refractivity contribution in [1.82, 2.24) is 5.32 Å². The van der Waals surface area contributed by atoms with Crippen LogP contribution in [0.5, 0.6) is 0 Å². The van der Waals surface area contributed by atoms with Gasteiger partial charge in [0.25, 0.3) is 5.91 Å². The number of alkyl halides is 3. The highest BCUT2D eigenvalue weighted by Gasteiger charge is 2.42. The molecular weight excluding hydrogens is 397 g/mol. The summed E-state index contributed by atoms with van der Waals surface area (Å²) in [6.07, 6.45) is -2.86. The Bertz CT molecular complexity index is 763. The van der Waals surface area contributed by atoms with E-state index in [0.29, 0.717) is 55.0 Å². The van der Waals surface area contributed by atoms with Crippen molar-refractivity contribution >= 4 is 23.0 Å². The van der Waals surface area contributed by atoms with E-state index in [1.54, 1.807) is 13.1 Å². The van der Waals surface area contributed by atoms with Gasteiger partial charge in [0, 0.05) is 26.2 Å². The third kappa shape index (κ3) is 4.94. The standard InChI is InChI=1S/C21H31F3N4O2/c1-12(13-3-5-14(6-4-13)21(22,23)24)27-20(30)16-9-17(25)18(26-2)10-19(16)28-8-7-15(29)11-28/h9-10,12-15,26,29H,3-8,11,25H2,1-2H3,(H,27,30)/t12-,13?,14?,15?/m1/s1. The van der Waals surface area contributed by atoms with E-state index in [1.807, 2.05) is 17.9 Å². The number of carbonyl (C=O) groups is 1. The third-order valence-electron chi connectivity index (χ3n) is 6.49. The lowest BCUT2D eigenvalue weighted by molar-refractivity contribution is -0.184. The molecule has 1 saturated heterocycles. The summed E-state index contributed by atoms with van der Waals surface area (Å²) in [5.41, 5.74) is 8.31. The number of benzene rings is 1. The molecule has 2 atom stereocenters. The maximum Gasteiger partial charge on any atom is 0.391 e. The molecule has 5 N–H and O–H groups in total. The second-order valence-electron chi connectivity index (χ2n) is 8.51. The molecule has 2 fully saturated rings. The number of anilines is 3. The zero-order valence-electron chi connectivity index (χ0n) is 17.4. The fourth-order valence-electron chi connectivity index (χ4n) is 4.57. The van der Waals surface area contributed by atoms with E-state index in [2.05, 4.69) is 10.6 Å². The number of amides is 1. The topological polar surface area (TPSA) is 90.6 Å². The van der Waals surface area contributed by atoms with Crippen molar-refractivity contribution in [2.24, 2.45) is 11.8 Å². The van der Waals surface area contributed by atoms with E-state index in [1.165, 1.54) is 0 Å². The smallest absolute Gasteiger partial charge is 0.391 e. The van der Waals surface area contributed by atoms with Crippen LogP contribution in [-0.4, -0.2) is 49.5 Å². The first-order chi connectivity index (χ1) is 14.1. The molecule has 1 saturated carbocycles. The third-order valence-corrected chi connectivity index (χ3v) is 6.49. The molecule has 1 aromatic rings. The van der Waals surface area contributed by atoms with E-state index < -0.39 is 18.2 Å². The van der Waals surface area contributed by atoms with Crippen LogP contribution >= 0.6 is 0 Å². The van der Waals surface area contributed by atoms with Crippen LogP contribution in [0.15, 0.2) is 12.1 Å². The van der Waals surface area contributed by atoms with Crippen molar-refractivity contribution in [2.75, 3.05) is 36.1 Å². The van der Waals surface area contributed by atoms with Gasteiger partial charge in [-0.05, 0) is 57.1 Å². The first kappa shape index (κ1) is 22.5. The number of hydrogen-bond donors (Lipinski definition) is 4. The number of aliphatic hydroxyl groups is 1. The van der Waals surface area contributed by atoms with E-state index >= 15 is 0 Å². The Hall–Kier alpha value is -2.16. The number of β-amino-alcohol motifs (C(OH)–C–C–N with tert-alkyl or cyclic N) is 1. The van der Waals surface area contributed by atoms with Crippen molar-refractivity contribution in [3.63, 3.8) is 0 Å². The van der Waals surface area contributed by atoms with Gasteiger partial charge in [-0.15, -0.1) is 0 Å². The Balaban J connectivity index is 1.72.